The molecule has 12 heteroatoms. The SMILES string of the molecule is COC(=O)N[C@H](C(=O)N1CCC[C@H]1c1ncc(C23CCC(c4ccc(-c5cnc([C@@H]6CCCN6C(=O)[C@@H](c6ccccc6)N6CCCCC6)[nH]5)cc4)(CC2)CC3)[nH]1)C(C)C. The third-order valence-electron chi connectivity index (χ3n) is 15.0. The second kappa shape index (κ2) is 16.8. The van der Waals surface area contributed by atoms with Gasteiger partial charge in [-0.2, -0.15) is 0 Å². The molecule has 2 aromatic carbocycles. The van der Waals surface area contributed by atoms with E-state index in [1.807, 2.05) is 49.3 Å². The third-order valence-corrected chi connectivity index (χ3v) is 15.0. The van der Waals surface area contributed by atoms with E-state index in [1.165, 1.54) is 24.8 Å². The van der Waals surface area contributed by atoms with Crippen LogP contribution in [-0.4, -0.2) is 91.9 Å². The van der Waals surface area contributed by atoms with Crippen molar-refractivity contribution >= 4 is 17.9 Å². The van der Waals surface area contributed by atoms with Crippen LogP contribution in [0.15, 0.2) is 67.0 Å². The van der Waals surface area contributed by atoms with Crippen LogP contribution in [-0.2, 0) is 25.2 Å². The average Bonchev–Trinajstić information content (AvgIpc) is 4.14. The summed E-state index contributed by atoms with van der Waals surface area (Å²) < 4.78 is 4.81. The summed E-state index contributed by atoms with van der Waals surface area (Å²) in [7, 11) is 1.32. The van der Waals surface area contributed by atoms with E-state index < -0.39 is 12.1 Å². The van der Waals surface area contributed by atoms with Crippen LogP contribution in [0, 0.1) is 5.92 Å². The average molecular weight is 815 g/mol. The molecule has 6 fully saturated rings. The summed E-state index contributed by atoms with van der Waals surface area (Å²) in [6.07, 6.45) is 17.2. The van der Waals surface area contributed by atoms with Gasteiger partial charge in [-0.15, -0.1) is 0 Å². The molecule has 4 aromatic rings. The molecule has 6 aliphatic rings. The van der Waals surface area contributed by atoms with Gasteiger partial charge in [-0.3, -0.25) is 14.5 Å². The van der Waals surface area contributed by atoms with Crippen LogP contribution in [0.4, 0.5) is 4.79 Å². The van der Waals surface area contributed by atoms with Gasteiger partial charge in [0.05, 0.1) is 31.1 Å². The maximum absolute atomic E-state index is 14.4. The van der Waals surface area contributed by atoms with Gasteiger partial charge in [-0.25, -0.2) is 14.8 Å². The molecule has 318 valence electrons. The Kier molecular flexibility index (Phi) is 11.3. The fourth-order valence-corrected chi connectivity index (χ4v) is 11.4. The number of alkyl carbamates (subject to hydrolysis) is 1. The first-order valence-electron chi connectivity index (χ1n) is 22.6. The lowest BCUT2D eigenvalue weighted by Gasteiger charge is -2.53. The predicted molar refractivity (Wildman–Crippen MR) is 230 cm³/mol. The number of nitrogens with zero attached hydrogens (tertiary/aromatic N) is 5. The molecule has 60 heavy (non-hydrogen) atoms. The second-order valence-electron chi connectivity index (χ2n) is 18.6. The lowest BCUT2D eigenvalue weighted by Crippen LogP contribution is -2.51. The van der Waals surface area contributed by atoms with Crippen molar-refractivity contribution in [3.8, 4) is 11.3 Å². The minimum atomic E-state index is -0.648. The van der Waals surface area contributed by atoms with Gasteiger partial charge in [0.15, 0.2) is 0 Å². The molecule has 3 N–H and O–H groups in total. The fourth-order valence-electron chi connectivity index (χ4n) is 11.4. The minimum absolute atomic E-state index is 0.0525. The molecule has 2 bridgehead atoms. The molecule has 2 aromatic heterocycles. The van der Waals surface area contributed by atoms with E-state index >= 15 is 0 Å². The lowest BCUT2D eigenvalue weighted by atomic mass is 9.51. The van der Waals surface area contributed by atoms with Crippen LogP contribution >= 0.6 is 0 Å². The number of piperidine rings is 1. The van der Waals surface area contributed by atoms with Gasteiger partial charge < -0.3 is 29.8 Å². The third kappa shape index (κ3) is 7.53. The van der Waals surface area contributed by atoms with Gasteiger partial charge in [-0.1, -0.05) is 74.9 Å². The van der Waals surface area contributed by atoms with Crippen molar-refractivity contribution in [1.29, 1.82) is 0 Å². The van der Waals surface area contributed by atoms with Crippen LogP contribution in [0.5, 0.6) is 0 Å². The first-order chi connectivity index (χ1) is 29.2. The summed E-state index contributed by atoms with van der Waals surface area (Å²) in [6, 6.07) is 18.4. The summed E-state index contributed by atoms with van der Waals surface area (Å²) in [5.41, 5.74) is 6.06. The number of aromatic nitrogens is 4. The summed E-state index contributed by atoms with van der Waals surface area (Å²) in [4.78, 5) is 63.8. The number of carbonyl (C=O) groups excluding carboxylic acids is 3. The molecule has 0 spiro atoms. The number of hydrogen-bond acceptors (Lipinski definition) is 7. The molecule has 12 nitrogen and oxygen atoms in total. The van der Waals surface area contributed by atoms with E-state index in [2.05, 4.69) is 61.5 Å². The highest BCUT2D eigenvalue weighted by molar-refractivity contribution is 5.86. The maximum Gasteiger partial charge on any atom is 0.407 e. The Morgan fingerprint density at radius 1 is 0.717 bits per heavy atom. The zero-order chi connectivity index (χ0) is 41.4. The monoisotopic (exact) mass is 814 g/mol. The predicted octanol–water partition coefficient (Wildman–Crippen LogP) is 8.28. The lowest BCUT2D eigenvalue weighted by molar-refractivity contribution is -0.139. The van der Waals surface area contributed by atoms with E-state index in [-0.39, 0.29) is 46.7 Å². The van der Waals surface area contributed by atoms with Gasteiger partial charge >= 0.3 is 6.09 Å². The maximum atomic E-state index is 14.4. The Bertz CT molecular complexity index is 2110. The van der Waals surface area contributed by atoms with E-state index in [4.69, 9.17) is 14.7 Å². The number of fused-ring (bicyclic) bond motifs is 3. The van der Waals surface area contributed by atoms with Crippen LogP contribution in [0.25, 0.3) is 11.3 Å². The summed E-state index contributed by atoms with van der Waals surface area (Å²) >= 11 is 0. The number of aromatic amines is 2. The van der Waals surface area contributed by atoms with Crippen molar-refractivity contribution in [1.82, 2.24) is 40.0 Å². The highest BCUT2D eigenvalue weighted by Gasteiger charge is 2.51. The Hall–Kier alpha value is -4.97. The molecule has 4 atom stereocenters. The molecule has 3 saturated carbocycles. The van der Waals surface area contributed by atoms with Crippen molar-refractivity contribution in [2.75, 3.05) is 33.3 Å². The van der Waals surface area contributed by atoms with E-state index in [1.54, 1.807) is 0 Å². The molecule has 3 aliphatic carbocycles. The number of H-pyrrole nitrogens is 2. The normalized spacial score (nSPS) is 26.7. The van der Waals surface area contributed by atoms with Gasteiger partial charge in [0.2, 0.25) is 11.8 Å². The summed E-state index contributed by atoms with van der Waals surface area (Å²) in [6.45, 7) is 7.20. The number of amides is 3. The Labute approximate surface area is 354 Å². The molecule has 0 radical (unpaired) electrons. The molecule has 3 saturated heterocycles. The van der Waals surface area contributed by atoms with Crippen molar-refractivity contribution in [2.24, 2.45) is 5.92 Å². The smallest absolute Gasteiger partial charge is 0.407 e. The molecule has 3 amide bonds. The zero-order valence-corrected chi connectivity index (χ0v) is 35.6. The molecule has 10 rings (SSSR count). The van der Waals surface area contributed by atoms with Crippen molar-refractivity contribution in [3.05, 3.63) is 95.5 Å². The van der Waals surface area contributed by atoms with Crippen LogP contribution in [0.3, 0.4) is 0 Å². The Morgan fingerprint density at radius 2 is 1.32 bits per heavy atom. The van der Waals surface area contributed by atoms with Gasteiger partial charge in [0, 0.05) is 30.4 Å². The van der Waals surface area contributed by atoms with Gasteiger partial charge in [-0.05, 0) is 118 Å². The second-order valence-corrected chi connectivity index (χ2v) is 18.6. The Morgan fingerprint density at radius 3 is 1.95 bits per heavy atom. The number of hydrogen-bond donors (Lipinski definition) is 3. The molecule has 5 heterocycles. The first-order valence-corrected chi connectivity index (χ1v) is 22.6. The fraction of sp³-hybridized carbons (Fsp3) is 0.562. The standard InChI is InChI=1S/C48H62N8O4/c1-32(2)40(53-46(59)60-3)44(57)55-28-10-15-38(55)43-50-31-39(52-43)48-23-20-47(21-24-48,22-25-48)35-18-16-33(17-19-35)36-30-49-42(51-36)37-14-11-29-56(37)45(58)41(34-12-6-4-7-13-34)54-26-8-5-9-27-54/h4,6-7,12-13,16-19,30-32,37-38,40-41H,5,8-11,14-15,20-29H2,1-3H3,(H,49,51)(H,50,52)(H,53,59)/t37-,38-,40-,41+,47?,48?/m0/s1. The number of likely N-dealkylation sites (tertiary alicyclic amines) is 3. The van der Waals surface area contributed by atoms with Gasteiger partial charge in [0.25, 0.3) is 0 Å². The number of carbonyl (C=O) groups is 3. The first kappa shape index (κ1) is 40.4. The number of methoxy groups -OCH3 is 1. The molecular weight excluding hydrogens is 753 g/mol. The number of ether oxygens (including phenoxy) is 1. The number of imidazole rings is 2. The van der Waals surface area contributed by atoms with Crippen LogP contribution in [0.2, 0.25) is 0 Å². The molecule has 0 unspecified atom stereocenters. The summed E-state index contributed by atoms with van der Waals surface area (Å²) in [5, 5.41) is 2.75. The van der Waals surface area contributed by atoms with Crippen LogP contribution < -0.4 is 5.32 Å². The largest absolute Gasteiger partial charge is 0.453 e. The summed E-state index contributed by atoms with van der Waals surface area (Å²) in [5.74, 6) is 1.78. The van der Waals surface area contributed by atoms with Crippen molar-refractivity contribution in [2.45, 2.75) is 132 Å². The number of nitrogens with one attached hydrogen (secondary N) is 3. The van der Waals surface area contributed by atoms with Crippen molar-refractivity contribution in [3.63, 3.8) is 0 Å². The number of benzene rings is 2. The van der Waals surface area contributed by atoms with E-state index in [9.17, 15) is 14.4 Å². The topological polar surface area (TPSA) is 140 Å². The number of rotatable bonds is 11. The highest BCUT2D eigenvalue weighted by Crippen LogP contribution is 2.58. The highest BCUT2D eigenvalue weighted by atomic mass is 16.5. The quantitative estimate of drug-likeness (QED) is 0.139. The van der Waals surface area contributed by atoms with Crippen molar-refractivity contribution < 1.29 is 19.1 Å². The Balaban J connectivity index is 0.851. The van der Waals surface area contributed by atoms with E-state index in [0.29, 0.717) is 6.54 Å². The van der Waals surface area contributed by atoms with E-state index in [0.717, 1.165) is 125 Å². The van der Waals surface area contributed by atoms with Crippen LogP contribution in [0.1, 0.15) is 144 Å². The molecule has 3 aliphatic heterocycles. The molecular formula is C48H62N8O4. The zero-order valence-electron chi connectivity index (χ0n) is 35.6. The van der Waals surface area contributed by atoms with Gasteiger partial charge in [0.1, 0.15) is 23.7 Å². The minimum Gasteiger partial charge on any atom is -0.453 e.